The van der Waals surface area contributed by atoms with Gasteiger partial charge in [0.05, 0.1) is 0 Å². The number of nitrogens with zero attached hydrogens (tertiary/aromatic N) is 2. The first-order valence-electron chi connectivity index (χ1n) is 10.3. The summed E-state index contributed by atoms with van der Waals surface area (Å²) in [5.41, 5.74) is 2.79. The molecule has 4 heteroatoms. The van der Waals surface area contributed by atoms with Crippen molar-refractivity contribution in [2.75, 3.05) is 39.3 Å². The van der Waals surface area contributed by atoms with Gasteiger partial charge in [-0.15, -0.1) is 0 Å². The van der Waals surface area contributed by atoms with Crippen LogP contribution < -0.4 is 4.74 Å². The Morgan fingerprint density at radius 1 is 0.893 bits per heavy atom. The maximum atomic E-state index is 10.4. The predicted molar refractivity (Wildman–Crippen MR) is 115 cm³/mol. The van der Waals surface area contributed by atoms with Crippen molar-refractivity contribution in [3.8, 4) is 5.75 Å². The van der Waals surface area contributed by atoms with Crippen LogP contribution in [-0.2, 0) is 12.0 Å². The minimum Gasteiger partial charge on any atom is -0.491 e. The Labute approximate surface area is 169 Å². The molecular formula is C24H34N2O2. The van der Waals surface area contributed by atoms with Crippen molar-refractivity contribution in [2.45, 2.75) is 38.8 Å². The summed E-state index contributed by atoms with van der Waals surface area (Å²) in [6.45, 7) is 12.7. The number of aliphatic hydroxyl groups is 1. The average Bonchev–Trinajstić information content (AvgIpc) is 2.68. The van der Waals surface area contributed by atoms with E-state index < -0.39 is 6.10 Å². The smallest absolute Gasteiger partial charge is 0.119 e. The lowest BCUT2D eigenvalue weighted by Crippen LogP contribution is -2.48. The highest BCUT2D eigenvalue weighted by Gasteiger charge is 2.20. The fraction of sp³-hybridized carbons (Fsp3) is 0.500. The molecule has 1 fully saturated rings. The van der Waals surface area contributed by atoms with Gasteiger partial charge < -0.3 is 9.84 Å². The molecule has 1 aliphatic heterocycles. The Bertz CT molecular complexity index is 702. The molecule has 0 radical (unpaired) electrons. The molecule has 0 aliphatic carbocycles. The van der Waals surface area contributed by atoms with E-state index >= 15 is 0 Å². The number of rotatable bonds is 7. The molecule has 0 bridgehead atoms. The van der Waals surface area contributed by atoms with Crippen LogP contribution in [0.3, 0.4) is 0 Å². The van der Waals surface area contributed by atoms with Crippen molar-refractivity contribution >= 4 is 0 Å². The van der Waals surface area contributed by atoms with E-state index in [1.165, 1.54) is 11.1 Å². The number of benzene rings is 2. The van der Waals surface area contributed by atoms with E-state index in [2.05, 4.69) is 73.0 Å². The molecule has 28 heavy (non-hydrogen) atoms. The topological polar surface area (TPSA) is 35.9 Å². The molecule has 0 aromatic heterocycles. The maximum absolute atomic E-state index is 10.4. The lowest BCUT2D eigenvalue weighted by Gasteiger charge is -2.35. The minimum absolute atomic E-state index is 0.140. The van der Waals surface area contributed by atoms with E-state index in [4.69, 9.17) is 4.74 Å². The molecule has 1 atom stereocenters. The van der Waals surface area contributed by atoms with Crippen molar-refractivity contribution in [3.05, 3.63) is 65.7 Å². The standard InChI is InChI=1S/C24H34N2O2/c1-24(2,3)21-9-11-23(12-10-21)28-19-22(27)18-26-15-13-25(14-16-26)17-20-7-5-4-6-8-20/h4-12,22,27H,13-19H2,1-3H3/t22-/m1/s1. The fourth-order valence-corrected chi connectivity index (χ4v) is 3.57. The van der Waals surface area contributed by atoms with Crippen LogP contribution in [0.25, 0.3) is 0 Å². The highest BCUT2D eigenvalue weighted by atomic mass is 16.5. The first-order chi connectivity index (χ1) is 13.4. The Morgan fingerprint density at radius 3 is 2.11 bits per heavy atom. The summed E-state index contributed by atoms with van der Waals surface area (Å²) >= 11 is 0. The molecule has 152 valence electrons. The largest absolute Gasteiger partial charge is 0.491 e. The molecule has 1 saturated heterocycles. The minimum atomic E-state index is -0.469. The monoisotopic (exact) mass is 382 g/mol. The maximum Gasteiger partial charge on any atom is 0.119 e. The Kier molecular flexibility index (Phi) is 7.11. The number of ether oxygens (including phenoxy) is 1. The molecule has 0 amide bonds. The van der Waals surface area contributed by atoms with Gasteiger partial charge in [-0.2, -0.15) is 0 Å². The van der Waals surface area contributed by atoms with Crippen LogP contribution in [0.15, 0.2) is 54.6 Å². The van der Waals surface area contributed by atoms with Crippen LogP contribution >= 0.6 is 0 Å². The Morgan fingerprint density at radius 2 is 1.50 bits per heavy atom. The zero-order valence-electron chi connectivity index (χ0n) is 17.5. The second kappa shape index (κ2) is 9.55. The van der Waals surface area contributed by atoms with Gasteiger partial charge >= 0.3 is 0 Å². The van der Waals surface area contributed by atoms with Gasteiger partial charge in [0, 0.05) is 39.3 Å². The summed E-state index contributed by atoms with van der Waals surface area (Å²) in [6.07, 6.45) is -0.469. The van der Waals surface area contributed by atoms with Crippen molar-refractivity contribution in [1.29, 1.82) is 0 Å². The normalized spacial score (nSPS) is 17.4. The van der Waals surface area contributed by atoms with E-state index in [0.717, 1.165) is 38.5 Å². The van der Waals surface area contributed by atoms with Crippen LogP contribution in [0.1, 0.15) is 31.9 Å². The molecule has 0 unspecified atom stereocenters. The molecule has 1 N–H and O–H groups in total. The second-order valence-electron chi connectivity index (χ2n) is 8.80. The lowest BCUT2D eigenvalue weighted by atomic mass is 9.87. The van der Waals surface area contributed by atoms with Crippen molar-refractivity contribution in [2.24, 2.45) is 0 Å². The van der Waals surface area contributed by atoms with E-state index in [-0.39, 0.29) is 5.41 Å². The van der Waals surface area contributed by atoms with Gasteiger partial charge in [-0.3, -0.25) is 9.80 Å². The molecule has 3 rings (SSSR count). The van der Waals surface area contributed by atoms with Crippen LogP contribution in [0, 0.1) is 0 Å². The number of β-amino-alcohol motifs (C(OH)–C–C–N with tert-alkyl or cyclic N) is 1. The average molecular weight is 383 g/mol. The SMILES string of the molecule is CC(C)(C)c1ccc(OC[C@H](O)CN2CCN(Cc3ccccc3)CC2)cc1. The zero-order chi connectivity index (χ0) is 20.0. The highest BCUT2D eigenvalue weighted by Crippen LogP contribution is 2.24. The van der Waals surface area contributed by atoms with Gasteiger partial charge in [0.2, 0.25) is 0 Å². The molecule has 0 saturated carbocycles. The van der Waals surface area contributed by atoms with Crippen LogP contribution in [-0.4, -0.2) is 60.3 Å². The fourth-order valence-electron chi connectivity index (χ4n) is 3.57. The summed E-state index contributed by atoms with van der Waals surface area (Å²) in [7, 11) is 0. The quantitative estimate of drug-likeness (QED) is 0.795. The van der Waals surface area contributed by atoms with E-state index in [0.29, 0.717) is 13.2 Å². The summed E-state index contributed by atoms with van der Waals surface area (Å²) < 4.78 is 5.79. The van der Waals surface area contributed by atoms with Crippen molar-refractivity contribution < 1.29 is 9.84 Å². The first-order valence-corrected chi connectivity index (χ1v) is 10.3. The highest BCUT2D eigenvalue weighted by molar-refractivity contribution is 5.31. The van der Waals surface area contributed by atoms with E-state index in [9.17, 15) is 5.11 Å². The van der Waals surface area contributed by atoms with Gasteiger partial charge in [0.25, 0.3) is 0 Å². The number of piperazine rings is 1. The third-order valence-corrected chi connectivity index (χ3v) is 5.35. The summed E-state index contributed by atoms with van der Waals surface area (Å²) in [5, 5.41) is 10.4. The van der Waals surface area contributed by atoms with Gasteiger partial charge in [-0.25, -0.2) is 0 Å². The van der Waals surface area contributed by atoms with E-state index in [1.807, 2.05) is 12.1 Å². The van der Waals surface area contributed by atoms with Gasteiger partial charge in [-0.05, 0) is 28.7 Å². The lowest BCUT2D eigenvalue weighted by molar-refractivity contribution is 0.0446. The second-order valence-corrected chi connectivity index (χ2v) is 8.80. The van der Waals surface area contributed by atoms with Gasteiger partial charge in [0.1, 0.15) is 18.5 Å². The van der Waals surface area contributed by atoms with Gasteiger partial charge in [0.15, 0.2) is 0 Å². The third kappa shape index (κ3) is 6.33. The Hall–Kier alpha value is -1.88. The first kappa shape index (κ1) is 20.8. The molecule has 2 aromatic rings. The molecule has 2 aromatic carbocycles. The third-order valence-electron chi connectivity index (χ3n) is 5.35. The number of aliphatic hydroxyl groups excluding tert-OH is 1. The number of hydrogen-bond acceptors (Lipinski definition) is 4. The van der Waals surface area contributed by atoms with Crippen LogP contribution in [0.4, 0.5) is 0 Å². The predicted octanol–water partition coefficient (Wildman–Crippen LogP) is 3.54. The summed E-state index contributed by atoms with van der Waals surface area (Å²) in [5.74, 6) is 0.819. The van der Waals surface area contributed by atoms with E-state index in [1.54, 1.807) is 0 Å². The van der Waals surface area contributed by atoms with Gasteiger partial charge in [-0.1, -0.05) is 63.2 Å². The molecule has 0 spiro atoms. The summed E-state index contributed by atoms with van der Waals surface area (Å²) in [6, 6.07) is 18.8. The molecule has 1 aliphatic rings. The van der Waals surface area contributed by atoms with Crippen molar-refractivity contribution in [3.63, 3.8) is 0 Å². The molecule has 1 heterocycles. The molecule has 4 nitrogen and oxygen atoms in total. The summed E-state index contributed by atoms with van der Waals surface area (Å²) in [4.78, 5) is 4.81. The zero-order valence-corrected chi connectivity index (χ0v) is 17.5. The van der Waals surface area contributed by atoms with Crippen LogP contribution in [0.5, 0.6) is 5.75 Å². The molecular weight excluding hydrogens is 348 g/mol. The Balaban J connectivity index is 1.37. The number of hydrogen-bond donors (Lipinski definition) is 1. The van der Waals surface area contributed by atoms with Crippen LogP contribution in [0.2, 0.25) is 0 Å². The van der Waals surface area contributed by atoms with Crippen molar-refractivity contribution in [1.82, 2.24) is 9.80 Å².